The lowest BCUT2D eigenvalue weighted by Gasteiger charge is -2.26. The number of aliphatic carboxylic acids is 2. The zero-order chi connectivity index (χ0) is 12.8. The summed E-state index contributed by atoms with van der Waals surface area (Å²) in [7, 11) is 0. The topological polar surface area (TPSA) is 115 Å². The first kappa shape index (κ1) is 15.2. The van der Waals surface area contributed by atoms with Crippen molar-refractivity contribution >= 4 is 23.7 Å². The van der Waals surface area contributed by atoms with Crippen LogP contribution in [-0.4, -0.2) is 55.6 Å². The zero-order valence-electron chi connectivity index (χ0n) is 8.92. The van der Waals surface area contributed by atoms with E-state index < -0.39 is 29.4 Å². The highest BCUT2D eigenvalue weighted by atomic mass is 32.2. The summed E-state index contributed by atoms with van der Waals surface area (Å²) in [6.45, 7) is 1.09. The molecule has 0 aliphatic rings. The van der Waals surface area contributed by atoms with E-state index in [4.69, 9.17) is 20.4 Å². The number of hydrogen-bond acceptors (Lipinski definition) is 5. The van der Waals surface area contributed by atoms with Gasteiger partial charge in [-0.25, -0.2) is 0 Å². The minimum atomic E-state index is -1.09. The molecule has 1 atom stereocenters. The van der Waals surface area contributed by atoms with E-state index in [0.29, 0.717) is 0 Å². The maximum atomic E-state index is 10.6. The van der Waals surface area contributed by atoms with Gasteiger partial charge in [-0.15, -0.1) is 0 Å². The van der Waals surface area contributed by atoms with Crippen LogP contribution in [0.5, 0.6) is 0 Å². The number of carbonyl (C=O) groups is 2. The van der Waals surface area contributed by atoms with E-state index in [9.17, 15) is 9.59 Å². The average molecular weight is 252 g/mol. The Kier molecular flexibility index (Phi) is 6.39. The van der Waals surface area contributed by atoms with E-state index in [1.165, 1.54) is 6.92 Å². The third kappa shape index (κ3) is 6.65. The van der Waals surface area contributed by atoms with Gasteiger partial charge in [-0.3, -0.25) is 9.59 Å². The fourth-order valence-electron chi connectivity index (χ4n) is 1.15. The normalized spacial score (nSPS) is 13.4. The summed E-state index contributed by atoms with van der Waals surface area (Å²) in [4.78, 5) is 21.2. The summed E-state index contributed by atoms with van der Waals surface area (Å²) >= 11 is 1.04. The largest absolute Gasteiger partial charge is 0.481 e. The minimum absolute atomic E-state index is 0.105. The van der Waals surface area contributed by atoms with Crippen LogP contribution in [0.3, 0.4) is 0 Å². The number of aliphatic hydroxyl groups is 2. The van der Waals surface area contributed by atoms with E-state index in [0.717, 1.165) is 11.8 Å². The maximum Gasteiger partial charge on any atom is 0.304 e. The second-order valence-corrected chi connectivity index (χ2v) is 5.35. The zero-order valence-corrected chi connectivity index (χ0v) is 9.74. The predicted octanol–water partition coefficient (Wildman–Crippen LogP) is -0.219. The van der Waals surface area contributed by atoms with Crippen LogP contribution in [0, 0.1) is 0 Å². The molecule has 0 aromatic rings. The Morgan fingerprint density at radius 2 is 1.69 bits per heavy atom. The van der Waals surface area contributed by atoms with Gasteiger partial charge in [0.15, 0.2) is 0 Å². The van der Waals surface area contributed by atoms with E-state index in [1.54, 1.807) is 0 Å². The number of hydrogen-bond donors (Lipinski definition) is 4. The Labute approximate surface area is 97.3 Å². The first-order valence-electron chi connectivity index (χ1n) is 4.65. The molecule has 0 fully saturated rings. The Bertz CT molecular complexity index is 238. The van der Waals surface area contributed by atoms with Crippen LogP contribution in [0.4, 0.5) is 0 Å². The lowest BCUT2D eigenvalue weighted by molar-refractivity contribution is -0.139. The van der Waals surface area contributed by atoms with Crippen molar-refractivity contribution in [2.24, 2.45) is 0 Å². The van der Waals surface area contributed by atoms with Crippen molar-refractivity contribution in [3.63, 3.8) is 0 Å². The van der Waals surface area contributed by atoms with Gasteiger partial charge in [0.2, 0.25) is 0 Å². The van der Waals surface area contributed by atoms with Gasteiger partial charge in [-0.05, 0) is 6.92 Å². The maximum absolute atomic E-state index is 10.6. The third-order valence-electron chi connectivity index (χ3n) is 1.89. The van der Waals surface area contributed by atoms with Crippen LogP contribution >= 0.6 is 11.8 Å². The second-order valence-electron chi connectivity index (χ2n) is 3.74. The van der Waals surface area contributed by atoms with Crippen LogP contribution < -0.4 is 0 Å². The molecular formula is C9H16O6S. The molecule has 94 valence electrons. The van der Waals surface area contributed by atoms with Crippen molar-refractivity contribution in [2.75, 3.05) is 12.4 Å². The van der Waals surface area contributed by atoms with E-state index in [-0.39, 0.29) is 18.6 Å². The average Bonchev–Trinajstić information content (AvgIpc) is 2.11. The SMILES string of the molecule is CC(CC(=O)O)(CC(=O)O)SCC(O)CO. The minimum Gasteiger partial charge on any atom is -0.481 e. The van der Waals surface area contributed by atoms with Crippen molar-refractivity contribution in [1.29, 1.82) is 0 Å². The van der Waals surface area contributed by atoms with Crippen LogP contribution in [-0.2, 0) is 9.59 Å². The molecule has 0 saturated heterocycles. The Balaban J connectivity index is 4.40. The highest BCUT2D eigenvalue weighted by Crippen LogP contribution is 2.32. The number of thioether (sulfide) groups is 1. The molecule has 0 bridgehead atoms. The van der Waals surface area contributed by atoms with Crippen LogP contribution in [0.1, 0.15) is 19.8 Å². The lowest BCUT2D eigenvalue weighted by atomic mass is 10.0. The molecule has 0 saturated carbocycles. The molecule has 0 radical (unpaired) electrons. The van der Waals surface area contributed by atoms with E-state index >= 15 is 0 Å². The summed E-state index contributed by atoms with van der Waals surface area (Å²) < 4.78 is -0.978. The second kappa shape index (κ2) is 6.72. The van der Waals surface area contributed by atoms with Gasteiger partial charge in [0.1, 0.15) is 0 Å². The van der Waals surface area contributed by atoms with Crippen molar-refractivity contribution in [1.82, 2.24) is 0 Å². The summed E-state index contributed by atoms with van der Waals surface area (Å²) in [6.07, 6.45) is -1.57. The molecule has 0 heterocycles. The Hall–Kier alpha value is -0.790. The van der Waals surface area contributed by atoms with Crippen LogP contribution in [0.25, 0.3) is 0 Å². The monoisotopic (exact) mass is 252 g/mol. The Morgan fingerprint density at radius 3 is 2.00 bits per heavy atom. The fraction of sp³-hybridized carbons (Fsp3) is 0.778. The van der Waals surface area contributed by atoms with Gasteiger partial charge >= 0.3 is 11.9 Å². The molecule has 4 N–H and O–H groups in total. The molecular weight excluding hydrogens is 236 g/mol. The smallest absolute Gasteiger partial charge is 0.304 e. The molecule has 0 spiro atoms. The molecule has 0 amide bonds. The lowest BCUT2D eigenvalue weighted by Crippen LogP contribution is -2.30. The Morgan fingerprint density at radius 1 is 1.25 bits per heavy atom. The standard InChI is InChI=1S/C9H16O6S/c1-9(2-7(12)13,3-8(14)15)16-5-6(11)4-10/h6,10-11H,2-5H2,1H3,(H,12,13)(H,14,15). The van der Waals surface area contributed by atoms with Gasteiger partial charge in [-0.2, -0.15) is 11.8 Å². The highest BCUT2D eigenvalue weighted by molar-refractivity contribution is 8.00. The summed E-state index contributed by atoms with van der Waals surface area (Å²) in [5, 5.41) is 35.1. The molecule has 16 heavy (non-hydrogen) atoms. The van der Waals surface area contributed by atoms with Crippen molar-refractivity contribution in [2.45, 2.75) is 30.6 Å². The fourth-order valence-corrected chi connectivity index (χ4v) is 2.31. The van der Waals surface area contributed by atoms with Gasteiger partial charge in [0.25, 0.3) is 0 Å². The van der Waals surface area contributed by atoms with E-state index in [2.05, 4.69) is 0 Å². The van der Waals surface area contributed by atoms with Crippen molar-refractivity contribution in [3.05, 3.63) is 0 Å². The first-order valence-corrected chi connectivity index (χ1v) is 5.64. The molecule has 6 nitrogen and oxygen atoms in total. The third-order valence-corrected chi connectivity index (χ3v) is 3.42. The number of carboxylic acid groups (broad SMARTS) is 2. The van der Waals surface area contributed by atoms with Gasteiger partial charge < -0.3 is 20.4 Å². The number of aliphatic hydroxyl groups excluding tert-OH is 2. The van der Waals surface area contributed by atoms with Gasteiger partial charge in [-0.1, -0.05) is 0 Å². The van der Waals surface area contributed by atoms with Gasteiger partial charge in [0, 0.05) is 10.5 Å². The molecule has 1 unspecified atom stereocenters. The van der Waals surface area contributed by atoms with Crippen molar-refractivity contribution in [3.8, 4) is 0 Å². The quantitative estimate of drug-likeness (QED) is 0.472. The molecule has 0 rings (SSSR count). The number of rotatable bonds is 8. The molecule has 0 aliphatic carbocycles. The summed E-state index contributed by atoms with van der Waals surface area (Å²) in [5.41, 5.74) is 0. The molecule has 0 aliphatic heterocycles. The van der Waals surface area contributed by atoms with Gasteiger partial charge in [0.05, 0.1) is 25.6 Å². The van der Waals surface area contributed by atoms with Crippen LogP contribution in [0.2, 0.25) is 0 Å². The summed E-state index contributed by atoms with van der Waals surface area (Å²) in [5.74, 6) is -2.07. The summed E-state index contributed by atoms with van der Waals surface area (Å²) in [6, 6.07) is 0. The van der Waals surface area contributed by atoms with E-state index in [1.807, 2.05) is 0 Å². The molecule has 0 aromatic heterocycles. The molecule has 7 heteroatoms. The predicted molar refractivity (Wildman–Crippen MR) is 58.5 cm³/mol. The number of carboxylic acids is 2. The van der Waals surface area contributed by atoms with Crippen molar-refractivity contribution < 1.29 is 30.0 Å². The van der Waals surface area contributed by atoms with Crippen LogP contribution in [0.15, 0.2) is 0 Å². The highest BCUT2D eigenvalue weighted by Gasteiger charge is 2.31. The molecule has 0 aromatic carbocycles. The first-order chi connectivity index (χ1) is 7.29.